The molecule has 1 heterocycles. The molecule has 1 fully saturated rings. The van der Waals surface area contributed by atoms with Gasteiger partial charge >= 0.3 is 11.9 Å². The van der Waals surface area contributed by atoms with Crippen LogP contribution in [0.25, 0.3) is 0 Å². The number of rotatable bonds is 9. The van der Waals surface area contributed by atoms with E-state index in [9.17, 15) is 29.7 Å². The third kappa shape index (κ3) is 6.82. The molecule has 182 valence electrons. The fourth-order valence-electron chi connectivity index (χ4n) is 4.43. The van der Waals surface area contributed by atoms with Gasteiger partial charge in [-0.25, -0.2) is 0 Å². The first-order valence-corrected chi connectivity index (χ1v) is 10.8. The largest absolute Gasteiger partial charge is 0.481 e. The lowest BCUT2D eigenvalue weighted by atomic mass is 9.66. The van der Waals surface area contributed by atoms with Crippen LogP contribution in [0.15, 0.2) is 11.6 Å². The Hall–Kier alpha value is -1.85. The van der Waals surface area contributed by atoms with Gasteiger partial charge in [0.15, 0.2) is 12.1 Å². The van der Waals surface area contributed by atoms with Gasteiger partial charge in [0.05, 0.1) is 6.10 Å². The number of carboxylic acids is 1. The molecule has 10 nitrogen and oxygen atoms in total. The monoisotopic (exact) mass is 458 g/mol. The molecule has 7 atom stereocenters. The Morgan fingerprint density at radius 3 is 2.47 bits per heavy atom. The van der Waals surface area contributed by atoms with Crippen molar-refractivity contribution < 1.29 is 49.0 Å². The van der Waals surface area contributed by atoms with Crippen molar-refractivity contribution in [2.75, 3.05) is 6.61 Å². The molecule has 2 rings (SSSR count). The van der Waals surface area contributed by atoms with Gasteiger partial charge in [0.1, 0.15) is 37.4 Å². The number of carbonyl (C=O) groups is 3. The number of hydrogen-bond donors (Lipinski definition) is 4. The highest BCUT2D eigenvalue weighted by Crippen LogP contribution is 2.42. The number of esters is 1. The zero-order valence-electron chi connectivity index (χ0n) is 18.9. The van der Waals surface area contributed by atoms with Crippen molar-refractivity contribution in [2.45, 2.75) is 90.2 Å². The van der Waals surface area contributed by atoms with Gasteiger partial charge in [-0.05, 0) is 44.1 Å². The van der Waals surface area contributed by atoms with Crippen molar-refractivity contribution >= 4 is 17.7 Å². The smallest absolute Gasteiger partial charge is 0.317 e. The summed E-state index contributed by atoms with van der Waals surface area (Å²) in [4.78, 5) is 33.8. The molecule has 4 N–H and O–H groups in total. The first kappa shape index (κ1) is 26.4. The molecule has 0 bridgehead atoms. The Labute approximate surface area is 187 Å². The van der Waals surface area contributed by atoms with Crippen LogP contribution in [-0.2, 0) is 28.6 Å². The molecule has 0 aromatic rings. The second-order valence-corrected chi connectivity index (χ2v) is 9.36. The average Bonchev–Trinajstić information content (AvgIpc) is 2.65. The summed E-state index contributed by atoms with van der Waals surface area (Å²) < 4.78 is 16.1. The van der Waals surface area contributed by atoms with Gasteiger partial charge in [0.2, 0.25) is 0 Å². The first-order valence-electron chi connectivity index (χ1n) is 10.8. The number of ether oxygens (including phenoxy) is 3. The summed E-state index contributed by atoms with van der Waals surface area (Å²) in [7, 11) is 0. The number of aliphatic hydroxyl groups is 3. The summed E-state index contributed by atoms with van der Waals surface area (Å²) in [5.41, 5.74) is 0.844. The summed E-state index contributed by atoms with van der Waals surface area (Å²) in [5, 5.41) is 39.1. The molecular weight excluding hydrogens is 424 g/mol. The van der Waals surface area contributed by atoms with E-state index in [1.54, 1.807) is 13.0 Å². The molecule has 1 aliphatic carbocycles. The van der Waals surface area contributed by atoms with Gasteiger partial charge in [-0.2, -0.15) is 0 Å². The second-order valence-electron chi connectivity index (χ2n) is 9.36. The minimum atomic E-state index is -1.60. The van der Waals surface area contributed by atoms with Crippen molar-refractivity contribution in [2.24, 2.45) is 11.3 Å². The van der Waals surface area contributed by atoms with Crippen molar-refractivity contribution in [1.29, 1.82) is 0 Å². The Kier molecular flexibility index (Phi) is 8.95. The molecule has 0 aromatic heterocycles. The van der Waals surface area contributed by atoms with Crippen molar-refractivity contribution in [3.63, 3.8) is 0 Å². The molecule has 1 saturated heterocycles. The summed E-state index contributed by atoms with van der Waals surface area (Å²) >= 11 is 0. The van der Waals surface area contributed by atoms with E-state index in [1.165, 1.54) is 0 Å². The fourth-order valence-corrected chi connectivity index (χ4v) is 4.43. The van der Waals surface area contributed by atoms with Gasteiger partial charge in [-0.15, -0.1) is 0 Å². The van der Waals surface area contributed by atoms with Crippen molar-refractivity contribution in [3.8, 4) is 0 Å². The van der Waals surface area contributed by atoms with Crippen LogP contribution in [0.2, 0.25) is 0 Å². The van der Waals surface area contributed by atoms with Crippen LogP contribution in [0, 0.1) is 11.3 Å². The SMILES string of the molecule is CC1=CC(=O)CC(C)(C)[C@@H]1CC[C@@H](C)O[C@@H]1O[C@H](COC(=O)CC(=O)O)[C@@H](O)[C@H](O)[C@H]1O. The predicted octanol–water partition coefficient (Wildman–Crippen LogP) is 0.559. The van der Waals surface area contributed by atoms with Gasteiger partial charge in [-0.3, -0.25) is 14.4 Å². The van der Waals surface area contributed by atoms with Crippen molar-refractivity contribution in [1.82, 2.24) is 0 Å². The van der Waals surface area contributed by atoms with E-state index < -0.39 is 55.7 Å². The van der Waals surface area contributed by atoms with Crippen LogP contribution in [0.3, 0.4) is 0 Å². The van der Waals surface area contributed by atoms with E-state index in [0.717, 1.165) is 12.0 Å². The zero-order chi connectivity index (χ0) is 24.2. The molecule has 0 unspecified atom stereocenters. The number of aliphatic carboxylic acids is 1. The highest BCUT2D eigenvalue weighted by molar-refractivity contribution is 5.92. The number of carboxylic acid groups (broad SMARTS) is 1. The van der Waals surface area contributed by atoms with E-state index in [-0.39, 0.29) is 23.2 Å². The summed E-state index contributed by atoms with van der Waals surface area (Å²) in [6.07, 6.45) is -4.88. The molecule has 2 aliphatic rings. The van der Waals surface area contributed by atoms with Crippen LogP contribution >= 0.6 is 0 Å². The maximum atomic E-state index is 11.9. The highest BCUT2D eigenvalue weighted by atomic mass is 16.7. The third-order valence-electron chi connectivity index (χ3n) is 6.11. The lowest BCUT2D eigenvalue weighted by Crippen LogP contribution is -2.59. The Bertz CT molecular complexity index is 730. The van der Waals surface area contributed by atoms with Gasteiger partial charge in [0, 0.05) is 6.42 Å². The van der Waals surface area contributed by atoms with E-state index in [2.05, 4.69) is 13.8 Å². The molecule has 0 aromatic carbocycles. The second kappa shape index (κ2) is 10.8. The third-order valence-corrected chi connectivity index (χ3v) is 6.11. The average molecular weight is 459 g/mol. The Morgan fingerprint density at radius 1 is 1.22 bits per heavy atom. The minimum Gasteiger partial charge on any atom is -0.481 e. The number of ketones is 1. The quantitative estimate of drug-likeness (QED) is 0.284. The van der Waals surface area contributed by atoms with Gasteiger partial charge < -0.3 is 34.6 Å². The van der Waals surface area contributed by atoms with E-state index in [0.29, 0.717) is 12.8 Å². The van der Waals surface area contributed by atoms with Crippen LogP contribution < -0.4 is 0 Å². The van der Waals surface area contributed by atoms with E-state index >= 15 is 0 Å². The lowest BCUT2D eigenvalue weighted by molar-refractivity contribution is -0.311. The summed E-state index contributed by atoms with van der Waals surface area (Å²) in [5.74, 6) is -2.07. The van der Waals surface area contributed by atoms with Crippen molar-refractivity contribution in [3.05, 3.63) is 11.6 Å². The molecule has 0 spiro atoms. The normalized spacial score (nSPS) is 33.3. The predicted molar refractivity (Wildman–Crippen MR) is 110 cm³/mol. The molecule has 0 saturated carbocycles. The fraction of sp³-hybridized carbons (Fsp3) is 0.773. The van der Waals surface area contributed by atoms with Crippen LogP contribution in [0.5, 0.6) is 0 Å². The molecule has 0 radical (unpaired) electrons. The number of allylic oxidation sites excluding steroid dienone is 2. The summed E-state index contributed by atoms with van der Waals surface area (Å²) in [6.45, 7) is 7.34. The highest BCUT2D eigenvalue weighted by Gasteiger charge is 2.45. The molecule has 10 heteroatoms. The maximum Gasteiger partial charge on any atom is 0.317 e. The topological polar surface area (TPSA) is 160 Å². The number of aliphatic hydroxyl groups excluding tert-OH is 3. The molecular formula is C22H34O10. The van der Waals surface area contributed by atoms with Crippen LogP contribution in [0.1, 0.15) is 53.4 Å². The zero-order valence-corrected chi connectivity index (χ0v) is 18.9. The lowest BCUT2D eigenvalue weighted by Gasteiger charge is -2.41. The first-order chi connectivity index (χ1) is 14.8. The van der Waals surface area contributed by atoms with Gasteiger partial charge in [0.25, 0.3) is 0 Å². The van der Waals surface area contributed by atoms with E-state index in [4.69, 9.17) is 19.3 Å². The standard InChI is InChI=1S/C22H34O10/c1-11-7-13(23)9-22(3,4)14(11)6-5-12(2)31-21-20(29)19(28)18(27)15(32-21)10-30-17(26)8-16(24)25/h7,12,14-15,18-21,27-29H,5-6,8-10H2,1-4H3,(H,24,25)/t12-,14-,15-,18-,19+,20-,21-/m1/s1. The Morgan fingerprint density at radius 2 is 1.88 bits per heavy atom. The molecule has 0 amide bonds. The summed E-state index contributed by atoms with van der Waals surface area (Å²) in [6, 6.07) is 0. The minimum absolute atomic E-state index is 0.120. The molecule has 32 heavy (non-hydrogen) atoms. The van der Waals surface area contributed by atoms with Crippen LogP contribution in [0.4, 0.5) is 0 Å². The van der Waals surface area contributed by atoms with Crippen LogP contribution in [-0.4, -0.2) is 81.6 Å². The number of carbonyl (C=O) groups excluding carboxylic acids is 2. The maximum absolute atomic E-state index is 11.9. The number of hydrogen-bond acceptors (Lipinski definition) is 9. The van der Waals surface area contributed by atoms with Gasteiger partial charge in [-0.1, -0.05) is 19.4 Å². The Balaban J connectivity index is 1.93. The molecule has 1 aliphatic heterocycles. The van der Waals surface area contributed by atoms with E-state index in [1.807, 2.05) is 6.92 Å².